The monoisotopic (exact) mass is 263 g/mol. The quantitative estimate of drug-likeness (QED) is 0.381. The Bertz CT molecular complexity index is 496. The van der Waals surface area contributed by atoms with Crippen LogP contribution in [0.2, 0.25) is 0 Å². The Morgan fingerprint density at radius 2 is 1.84 bits per heavy atom. The predicted octanol–water partition coefficient (Wildman–Crippen LogP) is 1.51. The van der Waals surface area contributed by atoms with Crippen LogP contribution >= 0.6 is 0 Å². The lowest BCUT2D eigenvalue weighted by Crippen LogP contribution is -2.40. The maximum absolute atomic E-state index is 12.4. The van der Waals surface area contributed by atoms with E-state index in [0.29, 0.717) is 37.6 Å². The molecule has 0 atom stereocenters. The van der Waals surface area contributed by atoms with Gasteiger partial charge < -0.3 is 9.64 Å². The van der Waals surface area contributed by atoms with E-state index in [1.807, 2.05) is 13.8 Å². The topological polar surface area (TPSA) is 52.8 Å². The minimum absolute atomic E-state index is 0.00889. The van der Waals surface area contributed by atoms with Crippen molar-refractivity contribution < 1.29 is 19.5 Å². The van der Waals surface area contributed by atoms with Crippen LogP contribution in [0.5, 0.6) is 0 Å². The van der Waals surface area contributed by atoms with Crippen LogP contribution in [0.1, 0.15) is 21.5 Å². The number of aryl methyl sites for hydroxylation is 2. The van der Waals surface area contributed by atoms with E-state index in [4.69, 9.17) is 4.74 Å². The van der Waals surface area contributed by atoms with Gasteiger partial charge in [0.05, 0.1) is 13.2 Å². The van der Waals surface area contributed by atoms with Gasteiger partial charge in [-0.25, -0.2) is 0 Å². The first kappa shape index (κ1) is 13.5. The van der Waals surface area contributed by atoms with Gasteiger partial charge in [0.2, 0.25) is 0 Å². The standard InChI is InChI=1S/C14H19N2O3/c1-10-8-12(9-11(2)13(10)15(3)18)14(17)16-4-6-19-7-5-16/h8-9,18H,3-7H2,1-2H3/q+1. The largest absolute Gasteiger partial charge is 0.378 e. The molecule has 0 spiro atoms. The highest BCUT2D eigenvalue weighted by Crippen LogP contribution is 2.24. The summed E-state index contributed by atoms with van der Waals surface area (Å²) in [6.45, 7) is 9.61. The molecule has 1 fully saturated rings. The molecule has 0 bridgehead atoms. The molecular weight excluding hydrogens is 244 g/mol. The zero-order chi connectivity index (χ0) is 14.0. The number of benzene rings is 1. The summed E-state index contributed by atoms with van der Waals surface area (Å²) in [6.07, 6.45) is 0. The van der Waals surface area contributed by atoms with E-state index in [2.05, 4.69) is 6.72 Å². The van der Waals surface area contributed by atoms with Crippen LogP contribution in [-0.2, 0) is 4.74 Å². The molecule has 1 saturated heterocycles. The van der Waals surface area contributed by atoms with E-state index in [1.54, 1.807) is 17.0 Å². The number of carbonyl (C=O) groups is 1. The average molecular weight is 263 g/mol. The molecule has 5 heteroatoms. The van der Waals surface area contributed by atoms with Gasteiger partial charge in [0.15, 0.2) is 6.72 Å². The van der Waals surface area contributed by atoms with Crippen molar-refractivity contribution in [2.75, 3.05) is 26.3 Å². The summed E-state index contributed by atoms with van der Waals surface area (Å²) in [5, 5.41) is 9.47. The van der Waals surface area contributed by atoms with Gasteiger partial charge >= 0.3 is 0 Å². The van der Waals surface area contributed by atoms with Gasteiger partial charge in [-0.05, 0) is 26.0 Å². The summed E-state index contributed by atoms with van der Waals surface area (Å²) in [7, 11) is 0. The van der Waals surface area contributed by atoms with Gasteiger partial charge in [0.25, 0.3) is 11.6 Å². The van der Waals surface area contributed by atoms with Crippen LogP contribution in [0.3, 0.4) is 0 Å². The first-order chi connectivity index (χ1) is 9.00. The third kappa shape index (κ3) is 2.76. The molecule has 1 aliphatic rings. The minimum atomic E-state index is 0.00889. The number of amides is 1. The number of morpholine rings is 1. The Morgan fingerprint density at radius 1 is 1.32 bits per heavy atom. The lowest BCUT2D eigenvalue weighted by atomic mass is 10.0. The minimum Gasteiger partial charge on any atom is -0.378 e. The number of nitrogens with zero attached hydrogens (tertiary/aromatic N) is 2. The normalized spacial score (nSPS) is 15.4. The maximum atomic E-state index is 12.4. The average Bonchev–Trinajstić information content (AvgIpc) is 2.37. The van der Waals surface area contributed by atoms with Crippen molar-refractivity contribution in [1.29, 1.82) is 0 Å². The molecule has 1 heterocycles. The Labute approximate surface area is 112 Å². The molecule has 0 radical (unpaired) electrons. The summed E-state index contributed by atoms with van der Waals surface area (Å²) < 4.78 is 6.08. The molecule has 102 valence electrons. The van der Waals surface area contributed by atoms with Crippen LogP contribution in [0.4, 0.5) is 5.69 Å². The summed E-state index contributed by atoms with van der Waals surface area (Å²) in [5.74, 6) is 0.00889. The van der Waals surface area contributed by atoms with E-state index in [1.165, 1.54) is 0 Å². The third-order valence-corrected chi connectivity index (χ3v) is 3.29. The maximum Gasteiger partial charge on any atom is 0.262 e. The van der Waals surface area contributed by atoms with Gasteiger partial charge in [-0.3, -0.25) is 10.0 Å². The summed E-state index contributed by atoms with van der Waals surface area (Å²) >= 11 is 0. The second-order valence-corrected chi connectivity index (χ2v) is 4.76. The highest BCUT2D eigenvalue weighted by Gasteiger charge is 2.22. The van der Waals surface area contributed by atoms with Crippen molar-refractivity contribution in [1.82, 2.24) is 4.90 Å². The van der Waals surface area contributed by atoms with E-state index in [-0.39, 0.29) is 5.91 Å². The van der Waals surface area contributed by atoms with Gasteiger partial charge in [-0.1, -0.05) is 0 Å². The highest BCUT2D eigenvalue weighted by atomic mass is 16.5. The fraction of sp³-hybridized carbons (Fsp3) is 0.429. The molecule has 0 unspecified atom stereocenters. The number of hydrogen-bond donors (Lipinski definition) is 1. The summed E-state index contributed by atoms with van der Waals surface area (Å²) in [5.41, 5.74) is 2.93. The number of rotatable bonds is 2. The second kappa shape index (κ2) is 5.40. The van der Waals surface area contributed by atoms with Gasteiger partial charge in [-0.2, -0.15) is 0 Å². The Balaban J connectivity index is 2.30. The lowest BCUT2D eigenvalue weighted by molar-refractivity contribution is -0.707. The fourth-order valence-electron chi connectivity index (χ4n) is 2.44. The van der Waals surface area contributed by atoms with Crippen LogP contribution in [0, 0.1) is 13.8 Å². The number of carbonyl (C=O) groups excluding carboxylic acids is 1. The van der Waals surface area contributed by atoms with Gasteiger partial charge in [0.1, 0.15) is 0 Å². The third-order valence-electron chi connectivity index (χ3n) is 3.29. The second-order valence-electron chi connectivity index (χ2n) is 4.76. The molecule has 0 aromatic heterocycles. The molecule has 1 N–H and O–H groups in total. The fourth-order valence-corrected chi connectivity index (χ4v) is 2.44. The van der Waals surface area contributed by atoms with E-state index < -0.39 is 0 Å². The van der Waals surface area contributed by atoms with Crippen molar-refractivity contribution in [2.24, 2.45) is 0 Å². The lowest BCUT2D eigenvalue weighted by Gasteiger charge is -2.27. The van der Waals surface area contributed by atoms with Crippen molar-refractivity contribution in [3.8, 4) is 0 Å². The molecule has 19 heavy (non-hydrogen) atoms. The zero-order valence-corrected chi connectivity index (χ0v) is 11.3. The molecular formula is C14H19N2O3+. The molecule has 1 amide bonds. The van der Waals surface area contributed by atoms with Crippen molar-refractivity contribution in [2.45, 2.75) is 13.8 Å². The van der Waals surface area contributed by atoms with E-state index in [0.717, 1.165) is 15.9 Å². The molecule has 1 aromatic carbocycles. The Kier molecular flexibility index (Phi) is 3.85. The molecule has 1 aliphatic heterocycles. The summed E-state index contributed by atoms with van der Waals surface area (Å²) in [6, 6.07) is 3.57. The molecule has 0 aliphatic carbocycles. The van der Waals surface area contributed by atoms with Crippen LogP contribution < -0.4 is 0 Å². The van der Waals surface area contributed by atoms with Gasteiger partial charge in [0, 0.05) is 34.5 Å². The number of ether oxygens (including phenoxy) is 1. The van der Waals surface area contributed by atoms with Crippen LogP contribution in [0.25, 0.3) is 0 Å². The van der Waals surface area contributed by atoms with Crippen molar-refractivity contribution in [3.05, 3.63) is 28.8 Å². The summed E-state index contributed by atoms with van der Waals surface area (Å²) in [4.78, 5) is 14.2. The van der Waals surface area contributed by atoms with Crippen LogP contribution in [0.15, 0.2) is 12.1 Å². The predicted molar refractivity (Wildman–Crippen MR) is 71.5 cm³/mol. The van der Waals surface area contributed by atoms with E-state index >= 15 is 0 Å². The SMILES string of the molecule is C=[N+](O)c1c(C)cc(C(=O)N2CCOCC2)cc1C. The smallest absolute Gasteiger partial charge is 0.262 e. The molecule has 2 rings (SSSR count). The first-order valence-electron chi connectivity index (χ1n) is 6.28. The Morgan fingerprint density at radius 3 is 2.32 bits per heavy atom. The zero-order valence-electron chi connectivity index (χ0n) is 11.3. The van der Waals surface area contributed by atoms with E-state index in [9.17, 15) is 10.0 Å². The molecule has 0 saturated carbocycles. The molecule has 1 aromatic rings. The Hall–Kier alpha value is -1.88. The van der Waals surface area contributed by atoms with Crippen molar-refractivity contribution in [3.63, 3.8) is 0 Å². The first-order valence-corrected chi connectivity index (χ1v) is 6.28. The highest BCUT2D eigenvalue weighted by molar-refractivity contribution is 5.95. The van der Waals surface area contributed by atoms with Gasteiger partial charge in [-0.15, -0.1) is 0 Å². The van der Waals surface area contributed by atoms with Crippen LogP contribution in [-0.4, -0.2) is 53.8 Å². The van der Waals surface area contributed by atoms with Crippen molar-refractivity contribution >= 4 is 18.3 Å². The molecule has 5 nitrogen and oxygen atoms in total. The number of hydrogen-bond acceptors (Lipinski definition) is 3.